The number of benzene rings is 2. The smallest absolute Gasteiger partial charge is 0.229 e. The highest BCUT2D eigenvalue weighted by molar-refractivity contribution is 5.93. The van der Waals surface area contributed by atoms with E-state index < -0.39 is 5.82 Å². The monoisotopic (exact) mass is 446 g/mol. The fourth-order valence-corrected chi connectivity index (χ4v) is 4.21. The number of nitrogens with zero attached hydrogens (tertiary/aromatic N) is 4. The summed E-state index contributed by atoms with van der Waals surface area (Å²) < 4.78 is 14.6. The first-order chi connectivity index (χ1) is 16.0. The number of H-pyrrole nitrogens is 1. The molecule has 168 valence electrons. The van der Waals surface area contributed by atoms with E-state index in [-0.39, 0.29) is 29.0 Å². The van der Waals surface area contributed by atoms with Crippen LogP contribution in [-0.4, -0.2) is 39.2 Å². The maximum Gasteiger partial charge on any atom is 0.229 e. The van der Waals surface area contributed by atoms with E-state index in [0.29, 0.717) is 29.1 Å². The molecule has 6 N–H and O–H groups in total. The predicted molar refractivity (Wildman–Crippen MR) is 126 cm³/mol. The van der Waals surface area contributed by atoms with Crippen molar-refractivity contribution in [2.24, 2.45) is 5.92 Å². The minimum Gasteiger partial charge on any atom is -0.382 e. The van der Waals surface area contributed by atoms with Crippen LogP contribution in [0.25, 0.3) is 22.2 Å². The lowest BCUT2D eigenvalue weighted by atomic mass is 9.97. The number of piperidine rings is 1. The molecular formula is C23H23FN8O. The van der Waals surface area contributed by atoms with Gasteiger partial charge in [-0.2, -0.15) is 10.1 Å². The molecule has 2 aromatic heterocycles. The minimum atomic E-state index is -0.497. The van der Waals surface area contributed by atoms with Gasteiger partial charge in [-0.1, -0.05) is 18.2 Å². The van der Waals surface area contributed by atoms with Gasteiger partial charge in [-0.15, -0.1) is 0 Å². The van der Waals surface area contributed by atoms with Crippen LogP contribution in [0.15, 0.2) is 48.5 Å². The van der Waals surface area contributed by atoms with Crippen molar-refractivity contribution in [1.82, 2.24) is 20.2 Å². The second kappa shape index (κ2) is 8.38. The fourth-order valence-electron chi connectivity index (χ4n) is 4.21. The van der Waals surface area contributed by atoms with Crippen molar-refractivity contribution in [3.05, 3.63) is 54.3 Å². The summed E-state index contributed by atoms with van der Waals surface area (Å²) in [6, 6.07) is 14.2. The Morgan fingerprint density at radius 1 is 1.15 bits per heavy atom. The SMILES string of the molecule is Nc1nc(-c2cc(F)c3c(N)n[nH]c3c2)cc(N2CCCC(C(=O)Nc3ccccc3)C2)n1. The average Bonchev–Trinajstić information content (AvgIpc) is 3.20. The van der Waals surface area contributed by atoms with Gasteiger partial charge in [0.1, 0.15) is 11.6 Å². The molecule has 0 saturated carbocycles. The highest BCUT2D eigenvalue weighted by atomic mass is 19.1. The zero-order chi connectivity index (χ0) is 22.9. The first-order valence-corrected chi connectivity index (χ1v) is 10.7. The molecule has 33 heavy (non-hydrogen) atoms. The molecule has 1 saturated heterocycles. The first kappa shape index (κ1) is 20.7. The van der Waals surface area contributed by atoms with Crippen molar-refractivity contribution >= 4 is 40.1 Å². The highest BCUT2D eigenvalue weighted by Crippen LogP contribution is 2.31. The van der Waals surface area contributed by atoms with Crippen molar-refractivity contribution in [2.75, 3.05) is 34.8 Å². The molecule has 1 amide bonds. The largest absolute Gasteiger partial charge is 0.382 e. The number of aromatic amines is 1. The number of fused-ring (bicyclic) bond motifs is 1. The summed E-state index contributed by atoms with van der Waals surface area (Å²) in [5.74, 6) is 0.0494. The van der Waals surface area contributed by atoms with E-state index in [1.165, 1.54) is 6.07 Å². The molecule has 10 heteroatoms. The Labute approximate surface area is 189 Å². The predicted octanol–water partition coefficient (Wildman–Crippen LogP) is 3.18. The van der Waals surface area contributed by atoms with Gasteiger partial charge in [0, 0.05) is 30.4 Å². The Bertz CT molecular complexity index is 1320. The number of halogens is 1. The van der Waals surface area contributed by atoms with Gasteiger partial charge in [0.2, 0.25) is 11.9 Å². The van der Waals surface area contributed by atoms with Crippen LogP contribution in [0.4, 0.5) is 27.7 Å². The van der Waals surface area contributed by atoms with Gasteiger partial charge >= 0.3 is 0 Å². The number of anilines is 4. The molecule has 0 radical (unpaired) electrons. The molecular weight excluding hydrogens is 423 g/mol. The van der Waals surface area contributed by atoms with E-state index in [0.717, 1.165) is 25.1 Å². The number of carbonyl (C=O) groups is 1. The Balaban J connectivity index is 1.40. The lowest BCUT2D eigenvalue weighted by Crippen LogP contribution is -2.41. The number of aromatic nitrogens is 4. The molecule has 1 fully saturated rings. The van der Waals surface area contributed by atoms with Gasteiger partial charge in [-0.3, -0.25) is 9.89 Å². The summed E-state index contributed by atoms with van der Waals surface area (Å²) in [7, 11) is 0. The van der Waals surface area contributed by atoms with Crippen LogP contribution in [0, 0.1) is 11.7 Å². The molecule has 2 aromatic carbocycles. The van der Waals surface area contributed by atoms with E-state index in [2.05, 4.69) is 25.5 Å². The molecule has 1 unspecified atom stereocenters. The topological polar surface area (TPSA) is 139 Å². The van der Waals surface area contributed by atoms with Crippen molar-refractivity contribution in [1.29, 1.82) is 0 Å². The minimum absolute atomic E-state index is 0.0301. The van der Waals surface area contributed by atoms with Crippen LogP contribution in [-0.2, 0) is 4.79 Å². The molecule has 1 atom stereocenters. The van der Waals surface area contributed by atoms with Crippen molar-refractivity contribution in [3.63, 3.8) is 0 Å². The van der Waals surface area contributed by atoms with E-state index >= 15 is 0 Å². The number of nitrogens with one attached hydrogen (secondary N) is 2. The molecule has 5 rings (SSSR count). The zero-order valence-electron chi connectivity index (χ0n) is 17.8. The third-order valence-corrected chi connectivity index (χ3v) is 5.83. The van der Waals surface area contributed by atoms with Crippen LogP contribution in [0.3, 0.4) is 0 Å². The van der Waals surface area contributed by atoms with E-state index in [1.807, 2.05) is 35.2 Å². The molecule has 3 heterocycles. The normalized spacial score (nSPS) is 16.2. The summed E-state index contributed by atoms with van der Waals surface area (Å²) in [5.41, 5.74) is 14.0. The number of hydrogen-bond donors (Lipinski definition) is 4. The third-order valence-electron chi connectivity index (χ3n) is 5.83. The van der Waals surface area contributed by atoms with Gasteiger partial charge in [0.25, 0.3) is 0 Å². The second-order valence-electron chi connectivity index (χ2n) is 8.10. The van der Waals surface area contributed by atoms with E-state index in [1.54, 1.807) is 12.1 Å². The van der Waals surface area contributed by atoms with Crippen LogP contribution in [0.2, 0.25) is 0 Å². The Morgan fingerprint density at radius 3 is 2.79 bits per heavy atom. The van der Waals surface area contributed by atoms with Gasteiger partial charge in [0.05, 0.1) is 22.5 Å². The third kappa shape index (κ3) is 4.14. The number of nitrogen functional groups attached to an aromatic ring is 2. The lowest BCUT2D eigenvalue weighted by molar-refractivity contribution is -0.120. The standard InChI is InChI=1S/C23H23FN8O/c24-16-9-14(10-18-20(16)21(25)31-30-18)17-11-19(29-23(26)28-17)32-8-4-5-13(12-32)22(33)27-15-6-2-1-3-7-15/h1-3,6-7,9-11,13H,4-5,8,12H2,(H,27,33)(H3,25,30,31)(H2,26,28,29). The van der Waals surface area contributed by atoms with Crippen LogP contribution in [0.5, 0.6) is 0 Å². The molecule has 4 aromatic rings. The van der Waals surface area contributed by atoms with Crippen molar-refractivity contribution in [3.8, 4) is 11.3 Å². The molecule has 0 bridgehead atoms. The van der Waals surface area contributed by atoms with Gasteiger partial charge in [0.15, 0.2) is 5.82 Å². The Hall–Kier alpha value is -4.21. The summed E-state index contributed by atoms with van der Waals surface area (Å²) in [4.78, 5) is 23.5. The highest BCUT2D eigenvalue weighted by Gasteiger charge is 2.27. The quantitative estimate of drug-likeness (QED) is 0.378. The summed E-state index contributed by atoms with van der Waals surface area (Å²) in [6.07, 6.45) is 1.62. The van der Waals surface area contributed by atoms with Crippen LogP contribution >= 0.6 is 0 Å². The van der Waals surface area contributed by atoms with Crippen LogP contribution < -0.4 is 21.7 Å². The van der Waals surface area contributed by atoms with Crippen molar-refractivity contribution in [2.45, 2.75) is 12.8 Å². The molecule has 0 spiro atoms. The molecule has 1 aliphatic heterocycles. The number of hydrogen-bond acceptors (Lipinski definition) is 7. The number of amides is 1. The lowest BCUT2D eigenvalue weighted by Gasteiger charge is -2.33. The summed E-state index contributed by atoms with van der Waals surface area (Å²) in [6.45, 7) is 1.23. The maximum absolute atomic E-state index is 14.6. The van der Waals surface area contributed by atoms with Gasteiger partial charge in [-0.25, -0.2) is 9.37 Å². The number of carbonyl (C=O) groups excluding carboxylic acids is 1. The van der Waals surface area contributed by atoms with Crippen molar-refractivity contribution < 1.29 is 9.18 Å². The Kier molecular flexibility index (Phi) is 5.25. The van der Waals surface area contributed by atoms with Gasteiger partial charge in [-0.05, 0) is 37.1 Å². The number of para-hydroxylation sites is 1. The molecule has 1 aliphatic rings. The number of nitrogens with two attached hydrogens (primary N) is 2. The summed E-state index contributed by atoms with van der Waals surface area (Å²) >= 11 is 0. The zero-order valence-corrected chi connectivity index (χ0v) is 17.8. The average molecular weight is 446 g/mol. The van der Waals surface area contributed by atoms with E-state index in [4.69, 9.17) is 11.5 Å². The van der Waals surface area contributed by atoms with E-state index in [9.17, 15) is 9.18 Å². The fraction of sp³-hybridized carbons (Fsp3) is 0.217. The molecule has 9 nitrogen and oxygen atoms in total. The maximum atomic E-state index is 14.6. The van der Waals surface area contributed by atoms with Gasteiger partial charge < -0.3 is 21.7 Å². The Morgan fingerprint density at radius 2 is 1.97 bits per heavy atom. The molecule has 0 aliphatic carbocycles. The number of rotatable bonds is 4. The first-order valence-electron chi connectivity index (χ1n) is 10.7. The second-order valence-corrected chi connectivity index (χ2v) is 8.10. The van der Waals surface area contributed by atoms with Crippen LogP contribution in [0.1, 0.15) is 12.8 Å². The summed E-state index contributed by atoms with van der Waals surface area (Å²) in [5, 5.41) is 9.80.